The Morgan fingerprint density at radius 1 is 1.44 bits per heavy atom. The van der Waals surface area contributed by atoms with E-state index in [0.717, 1.165) is 12.0 Å². The summed E-state index contributed by atoms with van der Waals surface area (Å²) in [5.74, 6) is 0.979. The number of nitrogens with two attached hydrogens (primary N) is 1. The molecule has 1 heterocycles. The molecule has 4 heteroatoms. The van der Waals surface area contributed by atoms with Crippen molar-refractivity contribution in [3.63, 3.8) is 0 Å². The highest BCUT2D eigenvalue weighted by Crippen LogP contribution is 2.26. The van der Waals surface area contributed by atoms with Gasteiger partial charge in [-0.1, -0.05) is 32.0 Å². The van der Waals surface area contributed by atoms with Crippen molar-refractivity contribution in [3.05, 3.63) is 29.8 Å². The first-order valence-corrected chi connectivity index (χ1v) is 6.39. The normalized spacial score (nSPS) is 19.3. The van der Waals surface area contributed by atoms with Crippen molar-refractivity contribution in [2.24, 2.45) is 5.73 Å². The fourth-order valence-electron chi connectivity index (χ4n) is 2.16. The summed E-state index contributed by atoms with van der Waals surface area (Å²) >= 11 is 0. The average Bonchev–Trinajstić information content (AvgIpc) is 2.76. The molecule has 1 amide bonds. The Bertz CT molecular complexity index is 432. The Labute approximate surface area is 108 Å². The third-order valence-corrected chi connectivity index (χ3v) is 3.22. The van der Waals surface area contributed by atoms with Crippen LogP contribution in [0, 0.1) is 0 Å². The second-order valence-electron chi connectivity index (χ2n) is 5.06. The van der Waals surface area contributed by atoms with Crippen molar-refractivity contribution in [2.75, 3.05) is 13.1 Å². The van der Waals surface area contributed by atoms with E-state index < -0.39 is 0 Å². The van der Waals surface area contributed by atoms with Gasteiger partial charge >= 0.3 is 6.09 Å². The lowest BCUT2D eigenvalue weighted by Crippen LogP contribution is -2.34. The van der Waals surface area contributed by atoms with Crippen molar-refractivity contribution in [1.82, 2.24) is 4.90 Å². The van der Waals surface area contributed by atoms with Gasteiger partial charge < -0.3 is 15.4 Å². The van der Waals surface area contributed by atoms with Crippen LogP contribution < -0.4 is 10.5 Å². The zero-order valence-corrected chi connectivity index (χ0v) is 10.9. The van der Waals surface area contributed by atoms with E-state index in [1.807, 2.05) is 24.3 Å². The maximum atomic E-state index is 12.0. The lowest BCUT2D eigenvalue weighted by molar-refractivity contribution is 0.161. The van der Waals surface area contributed by atoms with Crippen LogP contribution in [0.5, 0.6) is 5.75 Å². The van der Waals surface area contributed by atoms with Crippen LogP contribution >= 0.6 is 0 Å². The van der Waals surface area contributed by atoms with Crippen molar-refractivity contribution in [1.29, 1.82) is 0 Å². The molecule has 98 valence electrons. The Kier molecular flexibility index (Phi) is 3.87. The molecule has 0 spiro atoms. The number of benzene rings is 1. The van der Waals surface area contributed by atoms with Gasteiger partial charge in [0.25, 0.3) is 0 Å². The molecule has 1 unspecified atom stereocenters. The van der Waals surface area contributed by atoms with Gasteiger partial charge in [0.2, 0.25) is 0 Å². The number of amides is 1. The molecule has 1 aromatic carbocycles. The van der Waals surface area contributed by atoms with Crippen LogP contribution in [-0.2, 0) is 0 Å². The molecule has 2 rings (SSSR count). The summed E-state index contributed by atoms with van der Waals surface area (Å²) in [6.45, 7) is 5.43. The van der Waals surface area contributed by atoms with E-state index in [1.165, 1.54) is 0 Å². The lowest BCUT2D eigenvalue weighted by atomic mass is 10.0. The van der Waals surface area contributed by atoms with Crippen molar-refractivity contribution >= 4 is 6.09 Å². The number of carbonyl (C=O) groups is 1. The fraction of sp³-hybridized carbons (Fsp3) is 0.500. The van der Waals surface area contributed by atoms with Crippen LogP contribution in [0.4, 0.5) is 4.79 Å². The topological polar surface area (TPSA) is 55.6 Å². The first-order chi connectivity index (χ1) is 8.58. The number of carbonyl (C=O) groups excluding carboxylic acids is 1. The molecule has 1 aliphatic rings. The first-order valence-electron chi connectivity index (χ1n) is 6.39. The molecule has 0 aliphatic carbocycles. The van der Waals surface area contributed by atoms with E-state index in [4.69, 9.17) is 10.5 Å². The van der Waals surface area contributed by atoms with Crippen molar-refractivity contribution < 1.29 is 9.53 Å². The molecule has 1 aliphatic heterocycles. The summed E-state index contributed by atoms with van der Waals surface area (Å²) in [6.07, 6.45) is 0.553. The first kappa shape index (κ1) is 12.9. The van der Waals surface area contributed by atoms with Gasteiger partial charge in [-0.05, 0) is 24.0 Å². The molecular weight excluding hydrogens is 228 g/mol. The van der Waals surface area contributed by atoms with E-state index in [1.54, 1.807) is 4.90 Å². The van der Waals surface area contributed by atoms with Gasteiger partial charge in [0.15, 0.2) is 0 Å². The molecule has 2 N–H and O–H groups in total. The Morgan fingerprint density at radius 3 is 2.78 bits per heavy atom. The second-order valence-corrected chi connectivity index (χ2v) is 5.06. The summed E-state index contributed by atoms with van der Waals surface area (Å²) in [7, 11) is 0. The number of rotatable bonds is 2. The number of hydrogen-bond donors (Lipinski definition) is 1. The number of nitrogens with zero attached hydrogens (tertiary/aromatic N) is 1. The number of para-hydroxylation sites is 1. The minimum Gasteiger partial charge on any atom is -0.410 e. The minimum atomic E-state index is -0.295. The van der Waals surface area contributed by atoms with Gasteiger partial charge in [0.1, 0.15) is 5.75 Å². The molecule has 0 saturated carbocycles. The third-order valence-electron chi connectivity index (χ3n) is 3.22. The van der Waals surface area contributed by atoms with E-state index >= 15 is 0 Å². The number of hydrogen-bond acceptors (Lipinski definition) is 3. The van der Waals surface area contributed by atoms with Crippen LogP contribution in [0.3, 0.4) is 0 Å². The van der Waals surface area contributed by atoms with Crippen molar-refractivity contribution in [3.8, 4) is 5.75 Å². The van der Waals surface area contributed by atoms with Crippen molar-refractivity contribution in [2.45, 2.75) is 32.2 Å². The van der Waals surface area contributed by atoms with Gasteiger partial charge in [-0.2, -0.15) is 0 Å². The van der Waals surface area contributed by atoms with E-state index in [2.05, 4.69) is 13.8 Å². The molecule has 0 aromatic heterocycles. The maximum Gasteiger partial charge on any atom is 0.415 e. The molecule has 1 saturated heterocycles. The van der Waals surface area contributed by atoms with Gasteiger partial charge in [0.05, 0.1) is 0 Å². The lowest BCUT2D eigenvalue weighted by Gasteiger charge is -2.18. The largest absolute Gasteiger partial charge is 0.415 e. The monoisotopic (exact) mass is 248 g/mol. The zero-order chi connectivity index (χ0) is 13.1. The third kappa shape index (κ3) is 2.82. The highest BCUT2D eigenvalue weighted by Gasteiger charge is 2.25. The summed E-state index contributed by atoms with van der Waals surface area (Å²) in [5, 5.41) is 0. The van der Waals surface area contributed by atoms with Gasteiger partial charge in [-0.25, -0.2) is 4.79 Å². The van der Waals surface area contributed by atoms with Gasteiger partial charge in [0, 0.05) is 19.1 Å². The Hall–Kier alpha value is -1.55. The SMILES string of the molecule is CC(C)c1ccccc1OC(=O)N1CCC(N)C1. The van der Waals surface area contributed by atoms with Gasteiger partial charge in [-0.3, -0.25) is 0 Å². The van der Waals surface area contributed by atoms with E-state index in [0.29, 0.717) is 24.8 Å². The van der Waals surface area contributed by atoms with Crippen LogP contribution in [-0.4, -0.2) is 30.1 Å². The summed E-state index contributed by atoms with van der Waals surface area (Å²) in [4.78, 5) is 13.7. The molecule has 1 fully saturated rings. The summed E-state index contributed by atoms with van der Waals surface area (Å²) in [6, 6.07) is 7.74. The molecule has 0 radical (unpaired) electrons. The molecular formula is C14H20N2O2. The minimum absolute atomic E-state index is 0.0814. The molecule has 1 aromatic rings. The number of ether oxygens (including phenoxy) is 1. The van der Waals surface area contributed by atoms with Crippen LogP contribution in [0.1, 0.15) is 31.7 Å². The van der Waals surface area contributed by atoms with Gasteiger partial charge in [-0.15, -0.1) is 0 Å². The van der Waals surface area contributed by atoms with Crippen LogP contribution in [0.25, 0.3) is 0 Å². The maximum absolute atomic E-state index is 12.0. The fourth-order valence-corrected chi connectivity index (χ4v) is 2.16. The Balaban J connectivity index is 2.07. The summed E-state index contributed by atoms with van der Waals surface area (Å²) < 4.78 is 5.47. The standard InChI is InChI=1S/C14H20N2O2/c1-10(2)12-5-3-4-6-13(12)18-14(17)16-8-7-11(15)9-16/h3-6,10-11H,7-9,15H2,1-2H3. The predicted octanol–water partition coefficient (Wildman–Crippen LogP) is 2.34. The second kappa shape index (κ2) is 5.40. The highest BCUT2D eigenvalue weighted by atomic mass is 16.6. The molecule has 0 bridgehead atoms. The average molecular weight is 248 g/mol. The molecule has 1 atom stereocenters. The van der Waals surface area contributed by atoms with E-state index in [-0.39, 0.29) is 12.1 Å². The molecule has 18 heavy (non-hydrogen) atoms. The molecule has 4 nitrogen and oxygen atoms in total. The number of likely N-dealkylation sites (tertiary alicyclic amines) is 1. The zero-order valence-electron chi connectivity index (χ0n) is 10.9. The van der Waals surface area contributed by atoms with Crippen LogP contribution in [0.2, 0.25) is 0 Å². The predicted molar refractivity (Wildman–Crippen MR) is 70.7 cm³/mol. The smallest absolute Gasteiger partial charge is 0.410 e. The summed E-state index contributed by atoms with van der Waals surface area (Å²) in [5.41, 5.74) is 6.84. The quantitative estimate of drug-likeness (QED) is 0.874. The highest BCUT2D eigenvalue weighted by molar-refractivity contribution is 5.71. The van der Waals surface area contributed by atoms with Crippen LogP contribution in [0.15, 0.2) is 24.3 Å². The van der Waals surface area contributed by atoms with E-state index in [9.17, 15) is 4.79 Å². The Morgan fingerprint density at radius 2 is 2.17 bits per heavy atom.